The Hall–Kier alpha value is -4.72. The Bertz CT molecular complexity index is 1650. The van der Waals surface area contributed by atoms with E-state index in [1.54, 1.807) is 16.9 Å². The highest BCUT2D eigenvalue weighted by Gasteiger charge is 2.15. The molecule has 1 fully saturated rings. The van der Waals surface area contributed by atoms with E-state index in [2.05, 4.69) is 86.8 Å². The number of aromatic amines is 1. The van der Waals surface area contributed by atoms with Crippen LogP contribution in [0.3, 0.4) is 0 Å². The standard InChI is InChI=1S/C31H36F2N8.C2H2/c1-5-25(7-6-9-40-13-11-39(4)12-14-40)38-21(2)24-15-26-28(18-36-31(26)35-17-24)23-8-10-41-29(16-23)27(19-37-41)22(3)34-20-30(32)33;1-2/h5-8,10,15-19,30,34,38H,2-3,9,11-14,20H2,1,4H3,(H,35,36);1-2H/b7-6-,25-5+;. The fraction of sp³-hybridized carbons (Fsp3) is 0.273. The van der Waals surface area contributed by atoms with Gasteiger partial charge in [-0.25, -0.2) is 18.3 Å². The molecule has 0 atom stereocenters. The number of hydrogen-bond donors (Lipinski definition) is 3. The fourth-order valence-electron chi connectivity index (χ4n) is 4.90. The number of alkyl halides is 2. The Morgan fingerprint density at radius 1 is 1.14 bits per heavy atom. The first-order valence-corrected chi connectivity index (χ1v) is 14.0. The number of aromatic nitrogens is 4. The fourth-order valence-corrected chi connectivity index (χ4v) is 4.90. The van der Waals surface area contributed by atoms with Crippen molar-refractivity contribution in [2.75, 3.05) is 46.3 Å². The summed E-state index contributed by atoms with van der Waals surface area (Å²) in [4.78, 5) is 12.7. The number of pyridine rings is 2. The topological polar surface area (TPSA) is 76.5 Å². The Labute approximate surface area is 251 Å². The third-order valence-electron chi connectivity index (χ3n) is 7.37. The van der Waals surface area contributed by atoms with Gasteiger partial charge in [-0.05, 0) is 43.8 Å². The number of nitrogens with zero attached hydrogens (tertiary/aromatic N) is 5. The van der Waals surface area contributed by atoms with Crippen LogP contribution in [0.5, 0.6) is 0 Å². The quantitative estimate of drug-likeness (QED) is 0.166. The molecule has 3 N–H and O–H groups in total. The van der Waals surface area contributed by atoms with Crippen molar-refractivity contribution < 1.29 is 8.78 Å². The summed E-state index contributed by atoms with van der Waals surface area (Å²) >= 11 is 0. The Balaban J connectivity index is 0.00000207. The first-order valence-electron chi connectivity index (χ1n) is 14.0. The van der Waals surface area contributed by atoms with Gasteiger partial charge in [0, 0.05) is 90.5 Å². The van der Waals surface area contributed by atoms with Crippen LogP contribution in [0.2, 0.25) is 0 Å². The molecule has 43 heavy (non-hydrogen) atoms. The lowest BCUT2D eigenvalue weighted by Crippen LogP contribution is -2.44. The highest BCUT2D eigenvalue weighted by Crippen LogP contribution is 2.31. The van der Waals surface area contributed by atoms with Gasteiger partial charge in [0.2, 0.25) is 0 Å². The number of piperazine rings is 1. The van der Waals surface area contributed by atoms with Gasteiger partial charge in [0.15, 0.2) is 0 Å². The number of H-pyrrole nitrogens is 1. The normalized spacial score (nSPS) is 14.7. The van der Waals surface area contributed by atoms with Crippen molar-refractivity contribution in [1.29, 1.82) is 0 Å². The maximum absolute atomic E-state index is 12.7. The van der Waals surface area contributed by atoms with Crippen LogP contribution in [-0.2, 0) is 0 Å². The number of halogens is 2. The summed E-state index contributed by atoms with van der Waals surface area (Å²) in [5.41, 5.74) is 7.08. The zero-order chi connectivity index (χ0) is 30.9. The molecule has 224 valence electrons. The Kier molecular flexibility index (Phi) is 10.5. The molecule has 8 nitrogen and oxygen atoms in total. The summed E-state index contributed by atoms with van der Waals surface area (Å²) in [6.45, 7) is 15.0. The molecule has 1 saturated heterocycles. The van der Waals surface area contributed by atoms with Crippen molar-refractivity contribution >= 4 is 27.9 Å². The second-order valence-corrected chi connectivity index (χ2v) is 10.2. The minimum atomic E-state index is -2.47. The average molecular weight is 585 g/mol. The molecule has 5 heterocycles. The van der Waals surface area contributed by atoms with Gasteiger partial charge < -0.3 is 20.5 Å². The van der Waals surface area contributed by atoms with Crippen LogP contribution in [0.15, 0.2) is 80.1 Å². The average Bonchev–Trinajstić information content (AvgIpc) is 3.65. The van der Waals surface area contributed by atoms with E-state index in [1.807, 2.05) is 37.5 Å². The van der Waals surface area contributed by atoms with Crippen molar-refractivity contribution in [3.63, 3.8) is 0 Å². The monoisotopic (exact) mass is 584 g/mol. The molecule has 0 saturated carbocycles. The van der Waals surface area contributed by atoms with Gasteiger partial charge in [-0.15, -0.1) is 12.8 Å². The molecule has 0 aromatic carbocycles. The molecule has 4 aromatic rings. The molecular formula is C33H38F2N8. The number of rotatable bonds is 11. The molecule has 0 spiro atoms. The summed E-state index contributed by atoms with van der Waals surface area (Å²) in [5.74, 6) is 0. The van der Waals surface area contributed by atoms with Gasteiger partial charge >= 0.3 is 0 Å². The Morgan fingerprint density at radius 2 is 1.91 bits per heavy atom. The molecule has 0 unspecified atom stereocenters. The maximum atomic E-state index is 12.7. The van der Waals surface area contributed by atoms with Crippen LogP contribution in [0.25, 0.3) is 39.1 Å². The van der Waals surface area contributed by atoms with E-state index in [1.165, 1.54) is 0 Å². The number of terminal acetylenes is 1. The predicted molar refractivity (Wildman–Crippen MR) is 172 cm³/mol. The number of nitrogens with one attached hydrogen (secondary N) is 3. The molecule has 10 heteroatoms. The molecule has 1 aliphatic rings. The summed E-state index contributed by atoms with van der Waals surface area (Å²) in [5, 5.41) is 11.4. The highest BCUT2D eigenvalue weighted by atomic mass is 19.3. The predicted octanol–water partition coefficient (Wildman–Crippen LogP) is 5.22. The van der Waals surface area contributed by atoms with Gasteiger partial charge in [-0.2, -0.15) is 5.10 Å². The van der Waals surface area contributed by atoms with Crippen molar-refractivity contribution in [3.8, 4) is 24.0 Å². The molecule has 0 radical (unpaired) electrons. The first-order chi connectivity index (χ1) is 20.8. The minimum absolute atomic E-state index is 0.403. The van der Waals surface area contributed by atoms with E-state index >= 15 is 0 Å². The summed E-state index contributed by atoms with van der Waals surface area (Å²) < 4.78 is 27.1. The maximum Gasteiger partial charge on any atom is 0.255 e. The van der Waals surface area contributed by atoms with E-state index < -0.39 is 13.0 Å². The zero-order valence-electron chi connectivity index (χ0n) is 24.7. The van der Waals surface area contributed by atoms with Crippen LogP contribution in [0, 0.1) is 12.8 Å². The van der Waals surface area contributed by atoms with E-state index in [0.29, 0.717) is 11.3 Å². The summed E-state index contributed by atoms with van der Waals surface area (Å²) in [6, 6.07) is 6.00. The van der Waals surface area contributed by atoms with Crippen molar-refractivity contribution in [2.45, 2.75) is 13.3 Å². The summed E-state index contributed by atoms with van der Waals surface area (Å²) in [6.07, 6.45) is 19.0. The number of fused-ring (bicyclic) bond motifs is 2. The molecule has 4 aromatic heterocycles. The molecule has 0 aliphatic carbocycles. The number of likely N-dealkylation sites (N-methyl/N-ethyl adjacent to an activating group) is 1. The summed E-state index contributed by atoms with van der Waals surface area (Å²) in [7, 11) is 2.16. The lowest BCUT2D eigenvalue weighted by Gasteiger charge is -2.31. The van der Waals surface area contributed by atoms with Gasteiger partial charge in [0.05, 0.1) is 18.3 Å². The SMILES string of the molecule is C#C.C=C(NC(/C=C\CN1CCN(C)CC1)=C/C)c1cnc2[nH]cc(-c3ccn4ncc(C(=C)NCC(F)F)c4c3)c2c1. The lowest BCUT2D eigenvalue weighted by molar-refractivity contribution is 0.151. The highest BCUT2D eigenvalue weighted by molar-refractivity contribution is 5.96. The molecule has 1 aliphatic heterocycles. The number of allylic oxidation sites excluding steroid dienone is 2. The molecule has 5 rings (SSSR count). The van der Waals surface area contributed by atoms with Gasteiger partial charge in [-0.3, -0.25) is 4.90 Å². The van der Waals surface area contributed by atoms with E-state index in [-0.39, 0.29) is 0 Å². The molecule has 0 amide bonds. The number of hydrogen-bond acceptors (Lipinski definition) is 6. The third-order valence-corrected chi connectivity index (χ3v) is 7.37. The van der Waals surface area contributed by atoms with Crippen molar-refractivity contribution in [1.82, 2.24) is 40.0 Å². The van der Waals surface area contributed by atoms with Crippen LogP contribution in [0.4, 0.5) is 8.78 Å². The van der Waals surface area contributed by atoms with E-state index in [4.69, 9.17) is 0 Å². The van der Waals surface area contributed by atoms with E-state index in [9.17, 15) is 8.78 Å². The minimum Gasteiger partial charge on any atom is -0.379 e. The zero-order valence-corrected chi connectivity index (χ0v) is 24.7. The largest absolute Gasteiger partial charge is 0.379 e. The lowest BCUT2D eigenvalue weighted by atomic mass is 10.0. The van der Waals surface area contributed by atoms with Gasteiger partial charge in [-0.1, -0.05) is 25.3 Å². The second kappa shape index (κ2) is 14.4. The van der Waals surface area contributed by atoms with Crippen molar-refractivity contribution in [2.24, 2.45) is 0 Å². The van der Waals surface area contributed by atoms with Crippen LogP contribution in [0.1, 0.15) is 18.1 Å². The van der Waals surface area contributed by atoms with Crippen LogP contribution >= 0.6 is 0 Å². The van der Waals surface area contributed by atoms with E-state index in [0.717, 1.165) is 77.4 Å². The van der Waals surface area contributed by atoms with Crippen LogP contribution in [-0.4, -0.2) is 82.1 Å². The van der Waals surface area contributed by atoms with Gasteiger partial charge in [0.1, 0.15) is 5.65 Å². The smallest absolute Gasteiger partial charge is 0.255 e. The molecular weight excluding hydrogens is 546 g/mol. The van der Waals surface area contributed by atoms with Crippen molar-refractivity contribution in [3.05, 3.63) is 91.2 Å². The second-order valence-electron chi connectivity index (χ2n) is 10.2. The third kappa shape index (κ3) is 7.57. The van der Waals surface area contributed by atoms with Gasteiger partial charge in [0.25, 0.3) is 6.43 Å². The van der Waals surface area contributed by atoms with Crippen LogP contribution < -0.4 is 10.6 Å². The molecule has 0 bridgehead atoms. The Morgan fingerprint density at radius 3 is 2.63 bits per heavy atom. The first kappa shape index (κ1) is 31.2.